The van der Waals surface area contributed by atoms with Crippen LogP contribution in [-0.4, -0.2) is 42.8 Å². The third-order valence-electron chi connectivity index (χ3n) is 5.65. The van der Waals surface area contributed by atoms with Gasteiger partial charge in [-0.1, -0.05) is 24.6 Å². The van der Waals surface area contributed by atoms with E-state index in [-0.39, 0.29) is 17.5 Å². The van der Waals surface area contributed by atoms with Gasteiger partial charge in [-0.2, -0.15) is 13.2 Å². The Morgan fingerprint density at radius 1 is 1.12 bits per heavy atom. The predicted octanol–water partition coefficient (Wildman–Crippen LogP) is 4.26. The summed E-state index contributed by atoms with van der Waals surface area (Å²) in [5.41, 5.74) is 0.740. The number of fused-ring (bicyclic) bond motifs is 1. The Labute approximate surface area is 188 Å². The first-order chi connectivity index (χ1) is 15.6. The van der Waals surface area contributed by atoms with Gasteiger partial charge in [0.05, 0.1) is 24.1 Å². The van der Waals surface area contributed by atoms with E-state index in [1.165, 1.54) is 25.4 Å². The molecule has 0 aliphatic heterocycles. The number of carbonyl (C=O) groups excluding carboxylic acids is 1. The number of methoxy groups -OCH3 is 1. The fourth-order valence-corrected chi connectivity index (χ4v) is 5.10. The minimum absolute atomic E-state index is 0.0927. The second kappa shape index (κ2) is 8.71. The van der Waals surface area contributed by atoms with E-state index in [2.05, 4.69) is 0 Å². The summed E-state index contributed by atoms with van der Waals surface area (Å²) in [5.74, 6) is -1.96. The normalized spacial score (nSPS) is 14.9. The van der Waals surface area contributed by atoms with Crippen molar-refractivity contribution in [3.8, 4) is 5.75 Å². The van der Waals surface area contributed by atoms with Crippen LogP contribution in [0.5, 0.6) is 5.75 Å². The minimum Gasteiger partial charge on any atom is -0.496 e. The van der Waals surface area contributed by atoms with Gasteiger partial charge >= 0.3 is 12.1 Å². The van der Waals surface area contributed by atoms with Gasteiger partial charge in [-0.3, -0.25) is 0 Å². The summed E-state index contributed by atoms with van der Waals surface area (Å²) in [5, 5.41) is 1.47. The molecule has 1 aliphatic carbocycles. The Hall–Kier alpha value is -3.05. The number of ether oxygens (including phenoxy) is 1. The van der Waals surface area contributed by atoms with Crippen LogP contribution in [0.1, 0.15) is 24.8 Å². The number of hydrogen-bond donors (Lipinski definition) is 0. The quantitative estimate of drug-likeness (QED) is 0.469. The van der Waals surface area contributed by atoms with Crippen molar-refractivity contribution in [2.75, 3.05) is 7.11 Å². The molecule has 1 heterocycles. The van der Waals surface area contributed by atoms with Crippen molar-refractivity contribution in [3.63, 3.8) is 0 Å². The van der Waals surface area contributed by atoms with Gasteiger partial charge in [0.2, 0.25) is 0 Å². The SMILES string of the molecule is COc1ccc2c(ccn2S(=O)(=O)c2ccccc2)c1CN(OC(=O)C(F)(F)F)C1CCC1. The lowest BCUT2D eigenvalue weighted by atomic mass is 9.92. The molecule has 0 spiro atoms. The van der Waals surface area contributed by atoms with Gasteiger partial charge in [-0.15, -0.1) is 5.06 Å². The molecule has 2 aromatic carbocycles. The predicted molar refractivity (Wildman–Crippen MR) is 113 cm³/mol. The molecular weight excluding hydrogens is 461 g/mol. The number of hydrogen-bond acceptors (Lipinski definition) is 6. The zero-order valence-electron chi connectivity index (χ0n) is 17.6. The highest BCUT2D eigenvalue weighted by atomic mass is 32.2. The van der Waals surface area contributed by atoms with E-state index in [1.807, 2.05) is 0 Å². The first kappa shape index (κ1) is 23.1. The number of benzene rings is 2. The summed E-state index contributed by atoms with van der Waals surface area (Å²) >= 11 is 0. The molecule has 0 saturated heterocycles. The lowest BCUT2D eigenvalue weighted by molar-refractivity contribution is -0.254. The third kappa shape index (κ3) is 4.42. The molecule has 0 N–H and O–H groups in total. The maximum atomic E-state index is 13.1. The maximum Gasteiger partial charge on any atom is 0.492 e. The highest BCUT2D eigenvalue weighted by molar-refractivity contribution is 7.90. The molecule has 1 aliphatic rings. The van der Waals surface area contributed by atoms with Crippen molar-refractivity contribution >= 4 is 26.9 Å². The van der Waals surface area contributed by atoms with Crippen LogP contribution < -0.4 is 4.74 Å². The monoisotopic (exact) mass is 482 g/mol. The van der Waals surface area contributed by atoms with Crippen molar-refractivity contribution in [1.82, 2.24) is 9.04 Å². The van der Waals surface area contributed by atoms with Gasteiger partial charge in [0, 0.05) is 23.2 Å². The average Bonchev–Trinajstić information content (AvgIpc) is 3.18. The molecule has 176 valence electrons. The van der Waals surface area contributed by atoms with Crippen LogP contribution in [0.4, 0.5) is 13.2 Å². The van der Waals surface area contributed by atoms with Gasteiger partial charge in [0.25, 0.3) is 10.0 Å². The van der Waals surface area contributed by atoms with E-state index in [0.29, 0.717) is 35.1 Å². The third-order valence-corrected chi connectivity index (χ3v) is 7.36. The molecule has 3 aromatic rings. The highest BCUT2D eigenvalue weighted by Gasteiger charge is 2.44. The first-order valence-electron chi connectivity index (χ1n) is 10.2. The molecule has 1 fully saturated rings. The molecule has 0 atom stereocenters. The summed E-state index contributed by atoms with van der Waals surface area (Å²) in [4.78, 5) is 16.3. The number of aromatic nitrogens is 1. The van der Waals surface area contributed by atoms with Crippen molar-refractivity contribution in [1.29, 1.82) is 0 Å². The lowest BCUT2D eigenvalue weighted by Gasteiger charge is -2.36. The molecule has 11 heteroatoms. The molecular formula is C22H21F3N2O5S. The van der Waals surface area contributed by atoms with Gasteiger partial charge in [0.15, 0.2) is 0 Å². The number of alkyl halides is 3. The number of halogens is 3. The highest BCUT2D eigenvalue weighted by Crippen LogP contribution is 2.35. The first-order valence-corrected chi connectivity index (χ1v) is 11.6. The van der Waals surface area contributed by atoms with Crippen molar-refractivity contribution in [2.45, 2.75) is 42.9 Å². The fraction of sp³-hybridized carbons (Fsp3) is 0.318. The fourth-order valence-electron chi connectivity index (χ4n) is 3.73. The molecule has 1 saturated carbocycles. The second-order valence-electron chi connectivity index (χ2n) is 7.65. The topological polar surface area (TPSA) is 77.8 Å². The largest absolute Gasteiger partial charge is 0.496 e. The van der Waals surface area contributed by atoms with Crippen molar-refractivity contribution in [3.05, 3.63) is 60.3 Å². The molecule has 0 amide bonds. The van der Waals surface area contributed by atoms with Crippen LogP contribution in [0, 0.1) is 0 Å². The Morgan fingerprint density at radius 3 is 2.39 bits per heavy atom. The van der Waals surface area contributed by atoms with Crippen molar-refractivity contribution < 1.29 is 36.0 Å². The van der Waals surface area contributed by atoms with E-state index < -0.39 is 22.2 Å². The summed E-state index contributed by atoms with van der Waals surface area (Å²) in [6, 6.07) is 12.2. The van der Waals surface area contributed by atoms with E-state index in [0.717, 1.165) is 15.5 Å². The van der Waals surface area contributed by atoms with Crippen LogP contribution >= 0.6 is 0 Å². The van der Waals surface area contributed by atoms with Crippen LogP contribution in [-0.2, 0) is 26.2 Å². The summed E-state index contributed by atoms with van der Waals surface area (Å²) < 4.78 is 71.3. The molecule has 1 aromatic heterocycles. The molecule has 33 heavy (non-hydrogen) atoms. The van der Waals surface area contributed by atoms with Crippen LogP contribution in [0.2, 0.25) is 0 Å². The number of hydroxylamine groups is 2. The molecule has 0 radical (unpaired) electrons. The standard InChI is InChI=1S/C22H21F3N2O5S/c1-31-20-11-10-19-17(12-13-27(19)33(29,30)16-8-3-2-4-9-16)18(20)14-26(15-6-5-7-15)32-21(28)22(23,24)25/h2-4,8-13,15H,5-7,14H2,1H3. The molecule has 0 bridgehead atoms. The van der Waals surface area contributed by atoms with Crippen LogP contribution in [0.15, 0.2) is 59.6 Å². The maximum absolute atomic E-state index is 13.1. The molecule has 0 unspecified atom stereocenters. The Bertz CT molecular complexity index is 1270. The summed E-state index contributed by atoms with van der Waals surface area (Å²) in [6.45, 7) is -0.192. The summed E-state index contributed by atoms with van der Waals surface area (Å²) in [7, 11) is -2.51. The Balaban J connectivity index is 1.76. The minimum atomic E-state index is -5.13. The van der Waals surface area contributed by atoms with E-state index in [1.54, 1.807) is 36.4 Å². The lowest BCUT2D eigenvalue weighted by Crippen LogP contribution is -2.43. The second-order valence-corrected chi connectivity index (χ2v) is 9.46. The van der Waals surface area contributed by atoms with Crippen LogP contribution in [0.25, 0.3) is 10.9 Å². The average molecular weight is 482 g/mol. The molecule has 7 nitrogen and oxygen atoms in total. The van der Waals surface area contributed by atoms with Gasteiger partial charge in [0.1, 0.15) is 5.75 Å². The van der Waals surface area contributed by atoms with E-state index >= 15 is 0 Å². The Morgan fingerprint density at radius 2 is 1.82 bits per heavy atom. The van der Waals surface area contributed by atoms with Crippen LogP contribution in [0.3, 0.4) is 0 Å². The number of carbonyl (C=O) groups is 1. The van der Waals surface area contributed by atoms with Gasteiger partial charge < -0.3 is 9.57 Å². The van der Waals surface area contributed by atoms with Crippen molar-refractivity contribution in [2.24, 2.45) is 0 Å². The zero-order chi connectivity index (χ0) is 23.8. The van der Waals surface area contributed by atoms with E-state index in [9.17, 15) is 26.4 Å². The smallest absolute Gasteiger partial charge is 0.492 e. The van der Waals surface area contributed by atoms with Gasteiger partial charge in [-0.05, 0) is 43.2 Å². The van der Waals surface area contributed by atoms with E-state index in [4.69, 9.17) is 9.57 Å². The Kier molecular flexibility index (Phi) is 6.10. The van der Waals surface area contributed by atoms with Gasteiger partial charge in [-0.25, -0.2) is 17.2 Å². The zero-order valence-corrected chi connectivity index (χ0v) is 18.4. The number of nitrogens with zero attached hydrogens (tertiary/aromatic N) is 2. The summed E-state index contributed by atoms with van der Waals surface area (Å²) in [6.07, 6.45) is -1.80. The molecule has 4 rings (SSSR count). The number of rotatable bonds is 7.